The van der Waals surface area contributed by atoms with Crippen LogP contribution in [-0.4, -0.2) is 21.6 Å². The summed E-state index contributed by atoms with van der Waals surface area (Å²) in [6, 6.07) is 15.2. The first-order valence-corrected chi connectivity index (χ1v) is 8.14. The average molecular weight is 348 g/mol. The van der Waals surface area contributed by atoms with Crippen LogP contribution >= 0.6 is 23.2 Å². The van der Waals surface area contributed by atoms with Gasteiger partial charge in [0.1, 0.15) is 11.4 Å². The molecule has 1 aromatic heterocycles. The first-order chi connectivity index (χ1) is 11.2. The molecule has 23 heavy (non-hydrogen) atoms. The van der Waals surface area contributed by atoms with Crippen molar-refractivity contribution >= 4 is 23.2 Å². The lowest BCUT2D eigenvalue weighted by Gasteiger charge is -2.09. The lowest BCUT2D eigenvalue weighted by molar-refractivity contribution is 0.340. The Morgan fingerprint density at radius 1 is 1.13 bits per heavy atom. The Morgan fingerprint density at radius 3 is 2.57 bits per heavy atom. The van der Waals surface area contributed by atoms with Gasteiger partial charge in [-0.1, -0.05) is 28.9 Å². The van der Waals surface area contributed by atoms with Crippen molar-refractivity contribution in [2.75, 3.05) is 6.61 Å². The molecule has 0 atom stereocenters. The van der Waals surface area contributed by atoms with Gasteiger partial charge in [-0.05, 0) is 43.3 Å². The van der Waals surface area contributed by atoms with Gasteiger partial charge in [0.2, 0.25) is 0 Å². The molecule has 0 bridgehead atoms. The van der Waals surface area contributed by atoms with Gasteiger partial charge in [-0.2, -0.15) is 0 Å². The van der Waals surface area contributed by atoms with Crippen LogP contribution in [-0.2, 0) is 5.88 Å². The largest absolute Gasteiger partial charge is 0.494 e. The van der Waals surface area contributed by atoms with E-state index in [0.717, 1.165) is 22.7 Å². The van der Waals surface area contributed by atoms with Gasteiger partial charge in [0, 0.05) is 10.6 Å². The van der Waals surface area contributed by atoms with Crippen molar-refractivity contribution in [3.63, 3.8) is 0 Å². The fraction of sp³-hybridized carbons (Fsp3) is 0.176. The Balaban J connectivity index is 2.08. The Hall–Kier alpha value is -2.04. The lowest BCUT2D eigenvalue weighted by atomic mass is 10.1. The van der Waals surface area contributed by atoms with Crippen LogP contribution < -0.4 is 4.74 Å². The molecule has 0 saturated carbocycles. The molecular formula is C17H15Cl2N3O. The van der Waals surface area contributed by atoms with Gasteiger partial charge in [-0.25, -0.2) is 4.68 Å². The molecule has 0 amide bonds. The highest BCUT2D eigenvalue weighted by atomic mass is 35.5. The molecule has 3 rings (SSSR count). The zero-order valence-electron chi connectivity index (χ0n) is 12.5. The van der Waals surface area contributed by atoms with E-state index >= 15 is 0 Å². The van der Waals surface area contributed by atoms with Crippen LogP contribution in [0.5, 0.6) is 5.75 Å². The number of hydrogen-bond donors (Lipinski definition) is 0. The monoisotopic (exact) mass is 347 g/mol. The van der Waals surface area contributed by atoms with E-state index in [0.29, 0.717) is 17.3 Å². The lowest BCUT2D eigenvalue weighted by Crippen LogP contribution is -2.00. The minimum absolute atomic E-state index is 0.277. The summed E-state index contributed by atoms with van der Waals surface area (Å²) in [6.45, 7) is 2.59. The Kier molecular flexibility index (Phi) is 4.84. The fourth-order valence-corrected chi connectivity index (χ4v) is 2.73. The number of aromatic nitrogens is 3. The van der Waals surface area contributed by atoms with Crippen molar-refractivity contribution in [1.29, 1.82) is 0 Å². The molecule has 118 valence electrons. The molecule has 4 nitrogen and oxygen atoms in total. The minimum atomic E-state index is 0.277. The highest BCUT2D eigenvalue weighted by molar-refractivity contribution is 6.30. The summed E-state index contributed by atoms with van der Waals surface area (Å²) >= 11 is 12.1. The van der Waals surface area contributed by atoms with E-state index in [1.165, 1.54) is 0 Å². The number of benzene rings is 2. The Bertz CT molecular complexity index is 800. The van der Waals surface area contributed by atoms with E-state index < -0.39 is 0 Å². The van der Waals surface area contributed by atoms with Gasteiger partial charge >= 0.3 is 0 Å². The maximum atomic E-state index is 6.11. The van der Waals surface area contributed by atoms with E-state index in [9.17, 15) is 0 Å². The standard InChI is InChI=1S/C17H15Cl2N3O/c1-2-23-15-8-6-14(7-9-15)22-17(16(11-18)20-21-22)12-4-3-5-13(19)10-12/h3-10H,2,11H2,1H3. The molecule has 3 aromatic rings. The summed E-state index contributed by atoms with van der Waals surface area (Å²) in [5, 5.41) is 9.07. The zero-order chi connectivity index (χ0) is 16.2. The Labute approximate surface area is 144 Å². The van der Waals surface area contributed by atoms with Crippen LogP contribution in [0.2, 0.25) is 5.02 Å². The fourth-order valence-electron chi connectivity index (χ4n) is 2.36. The first kappa shape index (κ1) is 15.8. The molecule has 0 unspecified atom stereocenters. The summed E-state index contributed by atoms with van der Waals surface area (Å²) in [5.74, 6) is 1.09. The number of rotatable bonds is 5. The quantitative estimate of drug-likeness (QED) is 0.626. The highest BCUT2D eigenvalue weighted by Gasteiger charge is 2.16. The van der Waals surface area contributed by atoms with Gasteiger partial charge in [0.15, 0.2) is 0 Å². The van der Waals surface area contributed by atoms with Crippen molar-refractivity contribution in [2.45, 2.75) is 12.8 Å². The van der Waals surface area contributed by atoms with Gasteiger partial charge in [-0.15, -0.1) is 16.7 Å². The number of halogens is 2. The van der Waals surface area contributed by atoms with Crippen molar-refractivity contribution < 1.29 is 4.74 Å². The van der Waals surface area contributed by atoms with Gasteiger partial charge in [0.25, 0.3) is 0 Å². The van der Waals surface area contributed by atoms with E-state index in [1.54, 1.807) is 4.68 Å². The number of ether oxygens (including phenoxy) is 1. The van der Waals surface area contributed by atoms with Crippen LogP contribution in [0.3, 0.4) is 0 Å². The van der Waals surface area contributed by atoms with Crippen molar-refractivity contribution in [2.24, 2.45) is 0 Å². The molecule has 0 aliphatic rings. The first-order valence-electron chi connectivity index (χ1n) is 7.22. The molecule has 0 radical (unpaired) electrons. The molecule has 1 heterocycles. The van der Waals surface area contributed by atoms with Gasteiger partial charge in [0.05, 0.1) is 23.9 Å². The topological polar surface area (TPSA) is 39.9 Å². The summed E-state index contributed by atoms with van der Waals surface area (Å²) in [6.07, 6.45) is 0. The normalized spacial score (nSPS) is 10.7. The smallest absolute Gasteiger partial charge is 0.119 e. The average Bonchev–Trinajstić information content (AvgIpc) is 3.00. The summed E-state index contributed by atoms with van der Waals surface area (Å²) in [5.41, 5.74) is 3.36. The van der Waals surface area contributed by atoms with E-state index in [1.807, 2.05) is 55.5 Å². The summed E-state index contributed by atoms with van der Waals surface area (Å²) in [4.78, 5) is 0. The van der Waals surface area contributed by atoms with Gasteiger partial charge in [-0.3, -0.25) is 0 Å². The molecule has 0 fully saturated rings. The third-order valence-corrected chi connectivity index (χ3v) is 3.85. The van der Waals surface area contributed by atoms with Crippen molar-refractivity contribution in [3.05, 3.63) is 59.2 Å². The highest BCUT2D eigenvalue weighted by Crippen LogP contribution is 2.28. The molecular weight excluding hydrogens is 333 g/mol. The SMILES string of the molecule is CCOc1ccc(-n2nnc(CCl)c2-c2cccc(Cl)c2)cc1. The van der Waals surface area contributed by atoms with Crippen LogP contribution in [0, 0.1) is 0 Å². The second kappa shape index (κ2) is 7.02. The van der Waals surface area contributed by atoms with E-state index in [4.69, 9.17) is 27.9 Å². The minimum Gasteiger partial charge on any atom is -0.494 e. The molecule has 0 N–H and O–H groups in total. The molecule has 0 aliphatic carbocycles. The third kappa shape index (κ3) is 3.33. The van der Waals surface area contributed by atoms with Crippen LogP contribution in [0.15, 0.2) is 48.5 Å². The van der Waals surface area contributed by atoms with Crippen LogP contribution in [0.1, 0.15) is 12.6 Å². The molecule has 0 saturated heterocycles. The van der Waals surface area contributed by atoms with Crippen molar-refractivity contribution in [1.82, 2.24) is 15.0 Å². The second-order valence-electron chi connectivity index (χ2n) is 4.87. The molecule has 0 spiro atoms. The predicted molar refractivity (Wildman–Crippen MR) is 92.5 cm³/mol. The number of hydrogen-bond acceptors (Lipinski definition) is 3. The van der Waals surface area contributed by atoms with Crippen LogP contribution in [0.4, 0.5) is 0 Å². The predicted octanol–water partition coefficient (Wildman–Crippen LogP) is 4.73. The summed E-state index contributed by atoms with van der Waals surface area (Å²) < 4.78 is 7.23. The number of alkyl halides is 1. The maximum Gasteiger partial charge on any atom is 0.119 e. The number of nitrogens with zero attached hydrogens (tertiary/aromatic N) is 3. The van der Waals surface area contributed by atoms with Gasteiger partial charge < -0.3 is 4.74 Å². The molecule has 2 aromatic carbocycles. The van der Waals surface area contributed by atoms with Crippen molar-refractivity contribution in [3.8, 4) is 22.7 Å². The maximum absolute atomic E-state index is 6.11. The van der Waals surface area contributed by atoms with Crippen LogP contribution in [0.25, 0.3) is 16.9 Å². The molecule has 6 heteroatoms. The second-order valence-corrected chi connectivity index (χ2v) is 5.57. The van der Waals surface area contributed by atoms with E-state index in [2.05, 4.69) is 10.3 Å². The third-order valence-electron chi connectivity index (χ3n) is 3.36. The van der Waals surface area contributed by atoms with E-state index in [-0.39, 0.29) is 5.88 Å². The Morgan fingerprint density at radius 2 is 1.91 bits per heavy atom. The zero-order valence-corrected chi connectivity index (χ0v) is 14.1. The molecule has 0 aliphatic heterocycles. The summed E-state index contributed by atoms with van der Waals surface area (Å²) in [7, 11) is 0.